The van der Waals surface area contributed by atoms with Gasteiger partial charge in [-0.25, -0.2) is 4.98 Å². The Hall–Kier alpha value is -2.82. The number of aromatic amines is 1. The van der Waals surface area contributed by atoms with Crippen LogP contribution in [0.4, 0.5) is 0 Å². The van der Waals surface area contributed by atoms with Gasteiger partial charge in [0, 0.05) is 25.3 Å². The van der Waals surface area contributed by atoms with Gasteiger partial charge in [-0.3, -0.25) is 19.6 Å². The number of hydrogen-bond acceptors (Lipinski definition) is 7. The summed E-state index contributed by atoms with van der Waals surface area (Å²) in [6.45, 7) is 6.33. The van der Waals surface area contributed by atoms with Crippen LogP contribution in [0.25, 0.3) is 0 Å². The van der Waals surface area contributed by atoms with Crippen LogP contribution in [0.2, 0.25) is 0 Å². The van der Waals surface area contributed by atoms with Crippen LogP contribution in [0.5, 0.6) is 0 Å². The Morgan fingerprint density at radius 2 is 1.97 bits per heavy atom. The molecular weight excluding hydrogens is 414 g/mol. The van der Waals surface area contributed by atoms with Crippen molar-refractivity contribution in [2.75, 3.05) is 19.7 Å². The first-order valence-electron chi connectivity index (χ1n) is 10.7. The van der Waals surface area contributed by atoms with Crippen LogP contribution in [-0.2, 0) is 16.1 Å². The number of amides is 1. The van der Waals surface area contributed by atoms with Crippen molar-refractivity contribution >= 4 is 12.4 Å². The van der Waals surface area contributed by atoms with Gasteiger partial charge in [-0.2, -0.15) is 5.10 Å². The lowest BCUT2D eigenvalue weighted by Gasteiger charge is -2.53. The van der Waals surface area contributed by atoms with E-state index >= 15 is 0 Å². The first kappa shape index (κ1) is 23.8. The lowest BCUT2D eigenvalue weighted by Crippen LogP contribution is -2.69. The fourth-order valence-corrected chi connectivity index (χ4v) is 4.48. The monoisotopic (exact) mass is 445 g/mol. The van der Waals surface area contributed by atoms with Gasteiger partial charge in [-0.15, -0.1) is 0 Å². The number of ether oxygens (including phenoxy) is 1. The molecule has 1 aromatic carbocycles. The molecule has 2 aliphatic rings. The maximum absolute atomic E-state index is 12.7. The van der Waals surface area contributed by atoms with Crippen molar-refractivity contribution in [3.63, 3.8) is 0 Å². The molecule has 1 spiro atoms. The number of nitrogens with zero attached hydrogens (tertiary/aromatic N) is 3. The third-order valence-electron chi connectivity index (χ3n) is 6.26. The molecule has 1 aromatic heterocycles. The molecule has 10 nitrogen and oxygen atoms in total. The molecule has 0 radical (unpaired) electrons. The molecule has 1 amide bonds. The van der Waals surface area contributed by atoms with E-state index in [0.717, 1.165) is 24.7 Å². The molecule has 4 N–H and O–H groups in total. The van der Waals surface area contributed by atoms with Crippen molar-refractivity contribution in [2.24, 2.45) is 0 Å². The number of piperidine rings is 1. The lowest BCUT2D eigenvalue weighted by atomic mass is 9.73. The molecule has 0 aliphatic carbocycles. The molecule has 3 heterocycles. The molecule has 2 aromatic rings. The smallest absolute Gasteiger partial charge is 0.290 e. The minimum atomic E-state index is -0.774. The van der Waals surface area contributed by atoms with Gasteiger partial charge in [0.1, 0.15) is 11.9 Å². The highest BCUT2D eigenvalue weighted by Gasteiger charge is 2.53. The van der Waals surface area contributed by atoms with E-state index in [1.807, 2.05) is 32.0 Å². The number of hydrogen-bond donors (Lipinski definition) is 4. The highest BCUT2D eigenvalue weighted by atomic mass is 16.5. The third kappa shape index (κ3) is 5.32. The number of carbonyl (C=O) groups is 2. The number of carbonyl (C=O) groups excluding carboxylic acids is 1. The number of aliphatic hydroxyl groups is 1. The second-order valence-electron chi connectivity index (χ2n) is 8.52. The van der Waals surface area contributed by atoms with Gasteiger partial charge in [0.2, 0.25) is 0 Å². The van der Waals surface area contributed by atoms with E-state index in [1.54, 1.807) is 12.1 Å². The Bertz CT molecular complexity index is 897. The summed E-state index contributed by atoms with van der Waals surface area (Å²) in [7, 11) is 0. The zero-order chi connectivity index (χ0) is 23.2. The average molecular weight is 446 g/mol. The summed E-state index contributed by atoms with van der Waals surface area (Å²) in [5, 5.41) is 28.3. The number of benzene rings is 1. The van der Waals surface area contributed by atoms with Gasteiger partial charge in [0.05, 0.1) is 17.7 Å². The van der Waals surface area contributed by atoms with Gasteiger partial charge in [-0.1, -0.05) is 18.2 Å². The first-order valence-corrected chi connectivity index (χ1v) is 10.7. The van der Waals surface area contributed by atoms with Crippen LogP contribution >= 0.6 is 0 Å². The molecule has 0 saturated carbocycles. The number of rotatable bonds is 4. The number of H-pyrrole nitrogens is 1. The summed E-state index contributed by atoms with van der Waals surface area (Å²) >= 11 is 0. The zero-order valence-electron chi connectivity index (χ0n) is 18.5. The standard InChI is InChI=1S/C21H29N5O3.CH2O2/c1-15-22-17(25-24-15)14-26-11-8-21(9-12-26)19(28)20(2,10-13-29-21)23-18(27)16-6-4-3-5-7-16;2-1-3/h3-7,19,28H,8-14H2,1-2H3,(H,23,27)(H,22,24,25);1H,(H,2,3)/t19-,20+;/m1./s1. The van der Waals surface area contributed by atoms with E-state index in [0.29, 0.717) is 38.0 Å². The largest absolute Gasteiger partial charge is 0.483 e. The average Bonchev–Trinajstić information content (AvgIpc) is 3.19. The number of carboxylic acid groups (broad SMARTS) is 1. The number of nitrogens with one attached hydrogen (secondary N) is 2. The number of aryl methyl sites for hydroxylation is 1. The normalized spacial score (nSPS) is 24.9. The quantitative estimate of drug-likeness (QED) is 0.513. The number of aromatic nitrogens is 3. The molecule has 32 heavy (non-hydrogen) atoms. The van der Waals surface area contributed by atoms with Gasteiger partial charge < -0.3 is 20.3 Å². The molecule has 2 saturated heterocycles. The molecule has 4 rings (SSSR count). The molecule has 2 fully saturated rings. The van der Waals surface area contributed by atoms with Crippen molar-refractivity contribution < 1.29 is 24.5 Å². The Morgan fingerprint density at radius 3 is 2.56 bits per heavy atom. The van der Waals surface area contributed by atoms with Crippen LogP contribution < -0.4 is 5.32 Å². The SMILES string of the molecule is Cc1nc(CN2CCC3(CC2)OCC[C@](C)(NC(=O)c2ccccc2)[C@H]3O)n[nH]1.O=CO. The summed E-state index contributed by atoms with van der Waals surface area (Å²) in [5.74, 6) is 1.43. The summed E-state index contributed by atoms with van der Waals surface area (Å²) in [5.41, 5.74) is -0.769. The first-order chi connectivity index (χ1) is 15.3. The summed E-state index contributed by atoms with van der Waals surface area (Å²) in [6, 6.07) is 9.12. The highest BCUT2D eigenvalue weighted by Crippen LogP contribution is 2.40. The second kappa shape index (κ2) is 10.2. The molecule has 0 bridgehead atoms. The zero-order valence-corrected chi connectivity index (χ0v) is 18.5. The van der Waals surface area contributed by atoms with Crippen LogP contribution in [-0.4, -0.2) is 79.6 Å². The van der Waals surface area contributed by atoms with E-state index < -0.39 is 17.2 Å². The third-order valence-corrected chi connectivity index (χ3v) is 6.26. The maximum Gasteiger partial charge on any atom is 0.290 e. The summed E-state index contributed by atoms with van der Waals surface area (Å²) < 4.78 is 6.14. The van der Waals surface area contributed by atoms with Gasteiger partial charge in [0.25, 0.3) is 12.4 Å². The Balaban J connectivity index is 0.000000913. The molecule has 2 atom stereocenters. The summed E-state index contributed by atoms with van der Waals surface area (Å²) in [6.07, 6.45) is 1.21. The lowest BCUT2D eigenvalue weighted by molar-refractivity contribution is -0.206. The fraction of sp³-hybridized carbons (Fsp3) is 0.545. The number of aliphatic hydroxyl groups excluding tert-OH is 1. The summed E-state index contributed by atoms with van der Waals surface area (Å²) in [4.78, 5) is 27.7. The molecule has 10 heteroatoms. The predicted octanol–water partition coefficient (Wildman–Crippen LogP) is 1.12. The van der Waals surface area contributed by atoms with Gasteiger partial charge in [0.15, 0.2) is 5.82 Å². The van der Waals surface area contributed by atoms with E-state index in [2.05, 4.69) is 25.4 Å². The van der Waals surface area contributed by atoms with E-state index in [4.69, 9.17) is 14.6 Å². The Morgan fingerprint density at radius 1 is 1.31 bits per heavy atom. The van der Waals surface area contributed by atoms with Crippen LogP contribution in [0.1, 0.15) is 48.2 Å². The van der Waals surface area contributed by atoms with Crippen LogP contribution in [0, 0.1) is 6.92 Å². The number of likely N-dealkylation sites (tertiary alicyclic amines) is 1. The van der Waals surface area contributed by atoms with E-state index in [1.165, 1.54) is 0 Å². The molecule has 2 aliphatic heterocycles. The minimum Gasteiger partial charge on any atom is -0.483 e. The Kier molecular flexibility index (Phi) is 7.60. The van der Waals surface area contributed by atoms with Crippen molar-refractivity contribution in [3.05, 3.63) is 47.5 Å². The predicted molar refractivity (Wildman–Crippen MR) is 116 cm³/mol. The Labute approximate surface area is 187 Å². The highest BCUT2D eigenvalue weighted by molar-refractivity contribution is 5.94. The van der Waals surface area contributed by atoms with E-state index in [9.17, 15) is 9.90 Å². The van der Waals surface area contributed by atoms with Crippen molar-refractivity contribution in [1.82, 2.24) is 25.4 Å². The molecule has 0 unspecified atom stereocenters. The minimum absolute atomic E-state index is 0.165. The second-order valence-corrected chi connectivity index (χ2v) is 8.52. The van der Waals surface area contributed by atoms with Gasteiger partial charge >= 0.3 is 0 Å². The van der Waals surface area contributed by atoms with Crippen molar-refractivity contribution in [1.29, 1.82) is 0 Å². The maximum atomic E-state index is 12.7. The van der Waals surface area contributed by atoms with Crippen LogP contribution in [0.15, 0.2) is 30.3 Å². The fourth-order valence-electron chi connectivity index (χ4n) is 4.48. The van der Waals surface area contributed by atoms with E-state index in [-0.39, 0.29) is 12.4 Å². The topological polar surface area (TPSA) is 141 Å². The van der Waals surface area contributed by atoms with Crippen molar-refractivity contribution in [2.45, 2.75) is 56.9 Å². The van der Waals surface area contributed by atoms with Gasteiger partial charge in [-0.05, 0) is 45.2 Å². The molecule has 174 valence electrons. The van der Waals surface area contributed by atoms with Crippen LogP contribution in [0.3, 0.4) is 0 Å². The van der Waals surface area contributed by atoms with Crippen molar-refractivity contribution in [3.8, 4) is 0 Å². The molecular formula is C22H31N5O5.